The monoisotopic (exact) mass is 224 g/mol. The summed E-state index contributed by atoms with van der Waals surface area (Å²) in [4.78, 5) is 0. The maximum Gasteiger partial charge on any atom is 0.0999 e. The van der Waals surface area contributed by atoms with Crippen LogP contribution in [0.5, 0.6) is 0 Å². The van der Waals surface area contributed by atoms with Crippen LogP contribution < -0.4 is 0 Å². The summed E-state index contributed by atoms with van der Waals surface area (Å²) < 4.78 is 13.4. The van der Waals surface area contributed by atoms with Gasteiger partial charge in [-0.1, -0.05) is 39.3 Å². The van der Waals surface area contributed by atoms with Crippen LogP contribution in [0.2, 0.25) is 0 Å². The second-order valence-corrected chi connectivity index (χ2v) is 4.59. The van der Waals surface area contributed by atoms with Crippen LogP contribution in [-0.4, -0.2) is 0 Å². The normalized spacial score (nSPS) is 15.8. The summed E-state index contributed by atoms with van der Waals surface area (Å²) >= 11 is 0. The maximum atomic E-state index is 13.4. The van der Waals surface area contributed by atoms with E-state index in [1.165, 1.54) is 0 Å². The molecule has 0 spiro atoms. The molecule has 1 unspecified atom stereocenters. The zero-order valence-electron chi connectivity index (χ0n) is 11.4. The average Bonchev–Trinajstić information content (AvgIpc) is 2.26. The molecule has 0 aliphatic heterocycles. The second-order valence-electron chi connectivity index (χ2n) is 4.59. The van der Waals surface area contributed by atoms with Crippen molar-refractivity contribution in [3.8, 4) is 0 Å². The van der Waals surface area contributed by atoms with Gasteiger partial charge in [0, 0.05) is 0 Å². The molecule has 0 aromatic rings. The lowest BCUT2D eigenvalue weighted by molar-refractivity contribution is 0.554. The molecule has 0 rings (SSSR count). The first-order valence-corrected chi connectivity index (χ1v) is 6.14. The highest BCUT2D eigenvalue weighted by Crippen LogP contribution is 2.24. The number of halogens is 1. The highest BCUT2D eigenvalue weighted by Gasteiger charge is 2.07. The van der Waals surface area contributed by atoms with Crippen LogP contribution in [0.4, 0.5) is 4.39 Å². The molecule has 0 radical (unpaired) electrons. The Morgan fingerprint density at radius 3 is 2.25 bits per heavy atom. The van der Waals surface area contributed by atoms with Gasteiger partial charge in [0.1, 0.15) is 0 Å². The molecule has 0 bridgehead atoms. The van der Waals surface area contributed by atoms with Crippen molar-refractivity contribution in [2.75, 3.05) is 0 Å². The quantitative estimate of drug-likeness (QED) is 0.517. The molecule has 0 fully saturated rings. The van der Waals surface area contributed by atoms with E-state index in [4.69, 9.17) is 0 Å². The van der Waals surface area contributed by atoms with Crippen molar-refractivity contribution in [2.24, 2.45) is 5.92 Å². The van der Waals surface area contributed by atoms with Crippen LogP contribution in [-0.2, 0) is 0 Å². The van der Waals surface area contributed by atoms with E-state index in [1.807, 2.05) is 20.8 Å². The molecule has 0 saturated heterocycles. The summed E-state index contributed by atoms with van der Waals surface area (Å²) in [7, 11) is 0. The summed E-state index contributed by atoms with van der Waals surface area (Å²) in [5.74, 6) is 0.545. The van der Waals surface area contributed by atoms with E-state index in [-0.39, 0.29) is 5.83 Å². The standard InChI is InChI=1S/C15H25F/c1-7-12(5)9-14(10-15(16)8-2)13(6)11(3)4/h10,12H,3,7-9H2,1-2,4-6H3/b14-13-,15-10+. The van der Waals surface area contributed by atoms with Crippen molar-refractivity contribution in [1.82, 2.24) is 0 Å². The van der Waals surface area contributed by atoms with E-state index in [2.05, 4.69) is 20.4 Å². The van der Waals surface area contributed by atoms with Crippen LogP contribution in [0.15, 0.2) is 35.2 Å². The molecule has 1 atom stereocenters. The van der Waals surface area contributed by atoms with Gasteiger partial charge in [0.2, 0.25) is 0 Å². The van der Waals surface area contributed by atoms with Crippen LogP contribution in [0.1, 0.15) is 53.9 Å². The minimum atomic E-state index is -0.0427. The van der Waals surface area contributed by atoms with Crippen molar-refractivity contribution in [3.05, 3.63) is 35.2 Å². The van der Waals surface area contributed by atoms with Crippen molar-refractivity contribution >= 4 is 0 Å². The van der Waals surface area contributed by atoms with Gasteiger partial charge in [-0.05, 0) is 49.8 Å². The lowest BCUT2D eigenvalue weighted by atomic mass is 9.93. The van der Waals surface area contributed by atoms with E-state index in [0.717, 1.165) is 29.6 Å². The third-order valence-corrected chi connectivity index (χ3v) is 3.06. The average molecular weight is 224 g/mol. The van der Waals surface area contributed by atoms with Crippen LogP contribution in [0.3, 0.4) is 0 Å². The van der Waals surface area contributed by atoms with Gasteiger partial charge in [0.05, 0.1) is 5.83 Å². The molecular formula is C15H25F. The Hall–Kier alpha value is -0.850. The molecule has 0 saturated carbocycles. The maximum absolute atomic E-state index is 13.4. The molecule has 0 aliphatic rings. The third-order valence-electron chi connectivity index (χ3n) is 3.06. The summed E-state index contributed by atoms with van der Waals surface area (Å²) in [6.45, 7) is 14.1. The van der Waals surface area contributed by atoms with Crippen LogP contribution >= 0.6 is 0 Å². The van der Waals surface area contributed by atoms with Gasteiger partial charge in [0.15, 0.2) is 0 Å². The molecule has 1 heteroatoms. The molecular weight excluding hydrogens is 199 g/mol. The second kappa shape index (κ2) is 7.43. The fourth-order valence-electron chi connectivity index (χ4n) is 1.41. The largest absolute Gasteiger partial charge is 0.212 e. The van der Waals surface area contributed by atoms with Crippen LogP contribution in [0, 0.1) is 5.92 Å². The molecule has 92 valence electrons. The molecule has 0 aromatic heterocycles. The van der Waals surface area contributed by atoms with E-state index in [9.17, 15) is 4.39 Å². The van der Waals surface area contributed by atoms with Gasteiger partial charge in [-0.15, -0.1) is 0 Å². The van der Waals surface area contributed by atoms with Gasteiger partial charge in [0.25, 0.3) is 0 Å². The number of hydrogen-bond acceptors (Lipinski definition) is 0. The van der Waals surface area contributed by atoms with Crippen molar-refractivity contribution in [1.29, 1.82) is 0 Å². The summed E-state index contributed by atoms with van der Waals surface area (Å²) in [6, 6.07) is 0. The molecule has 0 nitrogen and oxygen atoms in total. The predicted molar refractivity (Wildman–Crippen MR) is 71.1 cm³/mol. The Balaban J connectivity index is 5.06. The molecule has 0 amide bonds. The Labute approximate surface area is 99.9 Å². The Morgan fingerprint density at radius 1 is 1.31 bits per heavy atom. The smallest absolute Gasteiger partial charge is 0.0999 e. The molecule has 16 heavy (non-hydrogen) atoms. The van der Waals surface area contributed by atoms with Crippen molar-refractivity contribution in [2.45, 2.75) is 53.9 Å². The van der Waals surface area contributed by atoms with Gasteiger partial charge in [-0.2, -0.15) is 0 Å². The Morgan fingerprint density at radius 2 is 1.88 bits per heavy atom. The Bertz CT molecular complexity index is 295. The van der Waals surface area contributed by atoms with Gasteiger partial charge in [-0.3, -0.25) is 0 Å². The SMILES string of the molecule is C=C(C)/C(C)=C(\C=C(\F)CC)CC(C)CC. The van der Waals surface area contributed by atoms with E-state index < -0.39 is 0 Å². The van der Waals surface area contributed by atoms with E-state index in [1.54, 1.807) is 6.08 Å². The lowest BCUT2D eigenvalue weighted by Crippen LogP contribution is -1.97. The lowest BCUT2D eigenvalue weighted by Gasteiger charge is -2.13. The first-order valence-electron chi connectivity index (χ1n) is 6.14. The topological polar surface area (TPSA) is 0 Å². The van der Waals surface area contributed by atoms with Crippen molar-refractivity contribution in [3.63, 3.8) is 0 Å². The third kappa shape index (κ3) is 5.29. The Kier molecular flexibility index (Phi) is 7.03. The summed E-state index contributed by atoms with van der Waals surface area (Å²) in [6.07, 6.45) is 4.21. The van der Waals surface area contributed by atoms with Crippen LogP contribution in [0.25, 0.3) is 0 Å². The zero-order chi connectivity index (χ0) is 12.7. The first-order chi connectivity index (χ1) is 7.42. The molecule has 0 heterocycles. The highest BCUT2D eigenvalue weighted by molar-refractivity contribution is 5.37. The fraction of sp³-hybridized carbons (Fsp3) is 0.600. The van der Waals surface area contributed by atoms with Gasteiger partial charge in [-0.25, -0.2) is 4.39 Å². The molecule has 0 aromatic carbocycles. The number of rotatable bonds is 6. The fourth-order valence-corrected chi connectivity index (χ4v) is 1.41. The summed E-state index contributed by atoms with van der Waals surface area (Å²) in [5.41, 5.74) is 3.25. The minimum Gasteiger partial charge on any atom is -0.212 e. The minimum absolute atomic E-state index is 0.0427. The highest BCUT2D eigenvalue weighted by atomic mass is 19.1. The van der Waals surface area contributed by atoms with Gasteiger partial charge >= 0.3 is 0 Å². The predicted octanol–water partition coefficient (Wildman–Crippen LogP) is 5.58. The molecule has 0 N–H and O–H groups in total. The number of hydrogen-bond donors (Lipinski definition) is 0. The summed E-state index contributed by atoms with van der Waals surface area (Å²) in [5, 5.41) is 0. The van der Waals surface area contributed by atoms with E-state index in [0.29, 0.717) is 12.3 Å². The van der Waals surface area contributed by atoms with E-state index >= 15 is 0 Å². The zero-order valence-corrected chi connectivity index (χ0v) is 11.4. The number of allylic oxidation sites excluding steroid dienone is 5. The molecule has 0 aliphatic carbocycles. The first kappa shape index (κ1) is 15.2. The van der Waals surface area contributed by atoms with Crippen molar-refractivity contribution < 1.29 is 4.39 Å². The van der Waals surface area contributed by atoms with Gasteiger partial charge < -0.3 is 0 Å².